The molecule has 0 heterocycles. The molecule has 0 aliphatic heterocycles. The number of aliphatic hydroxyl groups excluding tert-OH is 1. The van der Waals surface area contributed by atoms with E-state index in [0.29, 0.717) is 23.5 Å². The van der Waals surface area contributed by atoms with Gasteiger partial charge in [-0.25, -0.2) is 0 Å². The van der Waals surface area contributed by atoms with Crippen LogP contribution >= 0.6 is 0 Å². The maximum Gasteiger partial charge on any atom is 0.256 e. The zero-order valence-corrected chi connectivity index (χ0v) is 21.2. The van der Waals surface area contributed by atoms with E-state index in [2.05, 4.69) is 39.0 Å². The highest BCUT2D eigenvalue weighted by Crippen LogP contribution is 2.38. The molecule has 4 heteroatoms. The van der Waals surface area contributed by atoms with Crippen molar-refractivity contribution in [3.63, 3.8) is 0 Å². The van der Waals surface area contributed by atoms with Gasteiger partial charge in [-0.15, -0.1) is 0 Å². The van der Waals surface area contributed by atoms with Crippen LogP contribution in [0.2, 0.25) is 0 Å². The molecule has 1 atom stereocenters. The minimum absolute atomic E-state index is 0.0494. The van der Waals surface area contributed by atoms with Gasteiger partial charge in [0.25, 0.3) is 5.91 Å². The number of hydrogen-bond acceptors (Lipinski definition) is 3. The van der Waals surface area contributed by atoms with Crippen molar-refractivity contribution in [2.45, 2.75) is 71.6 Å². The summed E-state index contributed by atoms with van der Waals surface area (Å²) in [6, 6.07) is 21.6. The van der Waals surface area contributed by atoms with E-state index in [-0.39, 0.29) is 11.9 Å². The Labute approximate surface area is 209 Å². The normalized spacial score (nSPS) is 13.9. The second-order valence-electron chi connectivity index (χ2n) is 9.61. The molecule has 0 radical (unpaired) electrons. The molecule has 1 aliphatic rings. The van der Waals surface area contributed by atoms with Crippen molar-refractivity contribution in [3.05, 3.63) is 89.0 Å². The SMILES string of the molecule is CCCCCCOc1ccccc1C(O)N(C(=O)c1ccc(-c2c(C)cccc2C)cc1)C1CC1. The van der Waals surface area contributed by atoms with Gasteiger partial charge in [-0.3, -0.25) is 4.79 Å². The van der Waals surface area contributed by atoms with Crippen LogP contribution in [0, 0.1) is 13.8 Å². The zero-order valence-electron chi connectivity index (χ0n) is 21.2. The van der Waals surface area contributed by atoms with E-state index in [9.17, 15) is 9.90 Å². The van der Waals surface area contributed by atoms with Crippen molar-refractivity contribution in [3.8, 4) is 16.9 Å². The summed E-state index contributed by atoms with van der Waals surface area (Å²) in [5.41, 5.74) is 5.96. The largest absolute Gasteiger partial charge is 0.493 e. The predicted octanol–water partition coefficient (Wildman–Crippen LogP) is 7.23. The lowest BCUT2D eigenvalue weighted by Crippen LogP contribution is -2.37. The Bertz CT molecular complexity index is 1110. The van der Waals surface area contributed by atoms with Crippen LogP contribution in [-0.2, 0) is 0 Å². The van der Waals surface area contributed by atoms with Gasteiger partial charge in [0.2, 0.25) is 0 Å². The summed E-state index contributed by atoms with van der Waals surface area (Å²) in [5, 5.41) is 11.4. The summed E-state index contributed by atoms with van der Waals surface area (Å²) < 4.78 is 6.03. The average Bonchev–Trinajstić information content (AvgIpc) is 3.70. The van der Waals surface area contributed by atoms with Crippen LogP contribution < -0.4 is 4.74 Å². The van der Waals surface area contributed by atoms with E-state index in [1.807, 2.05) is 48.5 Å². The highest BCUT2D eigenvalue weighted by Gasteiger charge is 2.38. The third kappa shape index (κ3) is 5.94. The summed E-state index contributed by atoms with van der Waals surface area (Å²) >= 11 is 0. The molecule has 3 aromatic carbocycles. The van der Waals surface area contributed by atoms with Gasteiger partial charge < -0.3 is 14.7 Å². The monoisotopic (exact) mass is 471 g/mol. The van der Waals surface area contributed by atoms with E-state index in [0.717, 1.165) is 31.2 Å². The zero-order chi connectivity index (χ0) is 24.8. The van der Waals surface area contributed by atoms with Crippen LogP contribution in [0.15, 0.2) is 66.7 Å². The van der Waals surface area contributed by atoms with Gasteiger partial charge in [-0.05, 0) is 73.6 Å². The summed E-state index contributed by atoms with van der Waals surface area (Å²) in [6.45, 7) is 7.01. The van der Waals surface area contributed by atoms with Gasteiger partial charge in [-0.1, -0.05) is 74.7 Å². The fraction of sp³-hybridized carbons (Fsp3) is 0.387. The predicted molar refractivity (Wildman–Crippen MR) is 142 cm³/mol. The van der Waals surface area contributed by atoms with E-state index < -0.39 is 6.23 Å². The Hall–Kier alpha value is -3.11. The lowest BCUT2D eigenvalue weighted by atomic mass is 9.95. The molecule has 4 nitrogen and oxygen atoms in total. The Morgan fingerprint density at radius 1 is 0.943 bits per heavy atom. The topological polar surface area (TPSA) is 49.8 Å². The summed E-state index contributed by atoms with van der Waals surface area (Å²) in [6.07, 6.45) is 5.26. The van der Waals surface area contributed by atoms with Crippen LogP contribution in [0.4, 0.5) is 0 Å². The molecule has 4 rings (SSSR count). The number of unbranched alkanes of at least 4 members (excludes halogenated alkanes) is 3. The first kappa shape index (κ1) is 25.0. The maximum atomic E-state index is 13.6. The number of benzene rings is 3. The van der Waals surface area contributed by atoms with Crippen LogP contribution in [0.1, 0.15) is 78.7 Å². The maximum absolute atomic E-state index is 13.6. The quantitative estimate of drug-likeness (QED) is 0.237. The number of rotatable bonds is 11. The van der Waals surface area contributed by atoms with Gasteiger partial charge in [0, 0.05) is 17.2 Å². The number of nitrogens with zero attached hydrogens (tertiary/aromatic N) is 1. The highest BCUT2D eigenvalue weighted by atomic mass is 16.5. The minimum Gasteiger partial charge on any atom is -0.493 e. The highest BCUT2D eigenvalue weighted by molar-refractivity contribution is 5.95. The first-order valence-electron chi connectivity index (χ1n) is 12.9. The van der Waals surface area contributed by atoms with Crippen LogP contribution in [-0.4, -0.2) is 28.6 Å². The van der Waals surface area contributed by atoms with E-state index in [1.54, 1.807) is 4.90 Å². The van der Waals surface area contributed by atoms with Gasteiger partial charge in [0.05, 0.1) is 6.61 Å². The third-order valence-electron chi connectivity index (χ3n) is 6.79. The molecule has 35 heavy (non-hydrogen) atoms. The Morgan fingerprint density at radius 3 is 2.29 bits per heavy atom. The molecule has 0 bridgehead atoms. The molecule has 1 N–H and O–H groups in total. The molecular weight excluding hydrogens is 434 g/mol. The average molecular weight is 472 g/mol. The molecule has 1 unspecified atom stereocenters. The Morgan fingerprint density at radius 2 is 1.63 bits per heavy atom. The smallest absolute Gasteiger partial charge is 0.256 e. The molecule has 1 saturated carbocycles. The number of amides is 1. The van der Waals surface area contributed by atoms with E-state index >= 15 is 0 Å². The Balaban J connectivity index is 1.53. The van der Waals surface area contributed by atoms with Crippen LogP contribution in [0.5, 0.6) is 5.75 Å². The number of aryl methyl sites for hydroxylation is 2. The molecule has 1 fully saturated rings. The minimum atomic E-state index is -1.04. The fourth-order valence-corrected chi connectivity index (χ4v) is 4.71. The van der Waals surface area contributed by atoms with Crippen molar-refractivity contribution in [2.75, 3.05) is 6.61 Å². The molecule has 1 amide bonds. The van der Waals surface area contributed by atoms with Gasteiger partial charge in [0.15, 0.2) is 6.23 Å². The number of carbonyl (C=O) groups excluding carboxylic acids is 1. The second-order valence-corrected chi connectivity index (χ2v) is 9.61. The molecule has 0 aromatic heterocycles. The standard InChI is InChI=1S/C31H37NO3/c1-4-5-6-9-21-35-28-14-8-7-13-27(28)31(34)32(26-19-20-26)30(33)25-17-15-24(16-18-25)29-22(2)11-10-12-23(29)3/h7-8,10-18,26,31,34H,4-6,9,19-21H2,1-3H3. The van der Waals surface area contributed by atoms with Gasteiger partial charge in [-0.2, -0.15) is 0 Å². The first-order chi connectivity index (χ1) is 17.0. The summed E-state index contributed by atoms with van der Waals surface area (Å²) in [5.74, 6) is 0.506. The number of aliphatic hydroxyl groups is 1. The van der Waals surface area contributed by atoms with Crippen molar-refractivity contribution >= 4 is 5.91 Å². The van der Waals surface area contributed by atoms with Crippen LogP contribution in [0.3, 0.4) is 0 Å². The molecule has 1 aliphatic carbocycles. The van der Waals surface area contributed by atoms with Crippen molar-refractivity contribution in [2.24, 2.45) is 0 Å². The number of para-hydroxylation sites is 1. The lowest BCUT2D eigenvalue weighted by molar-refractivity contribution is 0.000931. The van der Waals surface area contributed by atoms with Gasteiger partial charge in [0.1, 0.15) is 5.75 Å². The van der Waals surface area contributed by atoms with Gasteiger partial charge >= 0.3 is 0 Å². The third-order valence-corrected chi connectivity index (χ3v) is 6.79. The molecular formula is C31H37NO3. The molecule has 0 saturated heterocycles. The van der Waals surface area contributed by atoms with Crippen molar-refractivity contribution in [1.29, 1.82) is 0 Å². The number of carbonyl (C=O) groups is 1. The van der Waals surface area contributed by atoms with Crippen molar-refractivity contribution in [1.82, 2.24) is 4.90 Å². The summed E-state index contributed by atoms with van der Waals surface area (Å²) in [7, 11) is 0. The molecule has 184 valence electrons. The van der Waals surface area contributed by atoms with E-state index in [1.165, 1.54) is 29.5 Å². The number of ether oxygens (including phenoxy) is 1. The first-order valence-corrected chi connectivity index (χ1v) is 12.9. The molecule has 0 spiro atoms. The van der Waals surface area contributed by atoms with E-state index in [4.69, 9.17) is 4.74 Å². The number of hydrogen-bond donors (Lipinski definition) is 1. The molecule has 3 aromatic rings. The lowest BCUT2D eigenvalue weighted by Gasteiger charge is -2.29. The Kier molecular flexibility index (Phi) is 8.25. The fourth-order valence-electron chi connectivity index (χ4n) is 4.71. The van der Waals surface area contributed by atoms with Crippen molar-refractivity contribution < 1.29 is 14.6 Å². The van der Waals surface area contributed by atoms with Crippen LogP contribution in [0.25, 0.3) is 11.1 Å². The second kappa shape index (κ2) is 11.5. The summed E-state index contributed by atoms with van der Waals surface area (Å²) in [4.78, 5) is 15.2.